The number of H-pyrrole nitrogens is 1. The first kappa shape index (κ1) is 15.2. The monoisotopic (exact) mass is 329 g/mol. The molecule has 0 bridgehead atoms. The molecule has 1 aromatic carbocycles. The van der Waals surface area contributed by atoms with E-state index in [1.165, 1.54) is 31.5 Å². The molecule has 122 valence electrons. The third kappa shape index (κ3) is 3.06. The lowest BCUT2D eigenvalue weighted by Crippen LogP contribution is -2.11. The summed E-state index contributed by atoms with van der Waals surface area (Å²) in [5.41, 5.74) is 0.668. The van der Waals surface area contributed by atoms with Gasteiger partial charge in [0, 0.05) is 12.1 Å². The molecule has 3 rings (SSSR count). The number of nitro benzene ring substituents is 1. The molecule has 10 heteroatoms. The summed E-state index contributed by atoms with van der Waals surface area (Å²) in [6, 6.07) is 7.54. The molecule has 2 N–H and O–H groups in total. The van der Waals surface area contributed by atoms with Gasteiger partial charge in [-0.05, 0) is 6.07 Å². The molecule has 0 spiro atoms. The number of amides is 1. The average Bonchev–Trinajstić information content (AvgIpc) is 2.96. The number of methoxy groups -OCH3 is 1. The van der Waals surface area contributed by atoms with Crippen molar-refractivity contribution < 1.29 is 19.2 Å². The first-order valence-corrected chi connectivity index (χ1v) is 6.69. The first-order valence-electron chi connectivity index (χ1n) is 6.69. The van der Waals surface area contributed by atoms with E-state index < -0.39 is 11.0 Å². The summed E-state index contributed by atoms with van der Waals surface area (Å²) in [6.45, 7) is 0. The standard InChI is InChI=1S/C14H11N5O5/c1-23-14(20)18-13-16-9-6-8(7-15-12(9)17-13)24-11-5-3-2-4-10(11)19(21)22/h2-7H,1H3,(H2,15,16,17,18,20). The SMILES string of the molecule is COC(=O)Nc1nc2cc(Oc3ccccc3[N+](=O)[O-])cnc2[nH]1. The van der Waals surface area contributed by atoms with Crippen LogP contribution in [0.3, 0.4) is 0 Å². The fourth-order valence-electron chi connectivity index (χ4n) is 1.96. The van der Waals surface area contributed by atoms with Gasteiger partial charge in [0.1, 0.15) is 11.3 Å². The van der Waals surface area contributed by atoms with Crippen LogP contribution in [0.25, 0.3) is 11.2 Å². The number of benzene rings is 1. The zero-order valence-corrected chi connectivity index (χ0v) is 12.3. The fraction of sp³-hybridized carbons (Fsp3) is 0.0714. The Balaban J connectivity index is 1.88. The molecule has 0 aliphatic carbocycles. The van der Waals surface area contributed by atoms with Gasteiger partial charge >= 0.3 is 11.8 Å². The first-order chi connectivity index (χ1) is 11.6. The van der Waals surface area contributed by atoms with Crippen LogP contribution in [0, 0.1) is 10.1 Å². The minimum absolute atomic E-state index is 0.0899. The molecule has 0 aliphatic heterocycles. The van der Waals surface area contributed by atoms with Gasteiger partial charge in [-0.3, -0.25) is 15.4 Å². The second-order valence-corrected chi connectivity index (χ2v) is 4.57. The Bertz CT molecular complexity index is 923. The third-order valence-corrected chi connectivity index (χ3v) is 3.01. The third-order valence-electron chi connectivity index (χ3n) is 3.01. The summed E-state index contributed by atoms with van der Waals surface area (Å²) in [5.74, 6) is 0.521. The zero-order chi connectivity index (χ0) is 17.1. The summed E-state index contributed by atoms with van der Waals surface area (Å²) in [4.78, 5) is 32.6. The van der Waals surface area contributed by atoms with Gasteiger partial charge in [-0.1, -0.05) is 12.1 Å². The van der Waals surface area contributed by atoms with Gasteiger partial charge in [0.25, 0.3) is 0 Å². The lowest BCUT2D eigenvalue weighted by atomic mass is 10.3. The summed E-state index contributed by atoms with van der Waals surface area (Å²) in [5, 5.41) is 13.4. The van der Waals surface area contributed by atoms with E-state index in [1.807, 2.05) is 0 Å². The van der Waals surface area contributed by atoms with Crippen LogP contribution >= 0.6 is 0 Å². The number of fused-ring (bicyclic) bond motifs is 1. The van der Waals surface area contributed by atoms with Crippen molar-refractivity contribution in [2.75, 3.05) is 12.4 Å². The number of hydrogen-bond donors (Lipinski definition) is 2. The van der Waals surface area contributed by atoms with Gasteiger partial charge in [-0.15, -0.1) is 0 Å². The molecule has 0 unspecified atom stereocenters. The summed E-state index contributed by atoms with van der Waals surface area (Å²) < 4.78 is 9.99. The van der Waals surface area contributed by atoms with Gasteiger partial charge in [0.15, 0.2) is 5.65 Å². The van der Waals surface area contributed by atoms with E-state index in [2.05, 4.69) is 25.0 Å². The van der Waals surface area contributed by atoms with Gasteiger partial charge in [0.05, 0.1) is 18.2 Å². The number of carbonyl (C=O) groups excluding carboxylic acids is 1. The number of aromatic amines is 1. The Morgan fingerprint density at radius 1 is 1.38 bits per heavy atom. The van der Waals surface area contributed by atoms with E-state index in [1.54, 1.807) is 12.1 Å². The minimum Gasteiger partial charge on any atom is -0.453 e. The number of nitrogens with one attached hydrogen (secondary N) is 2. The van der Waals surface area contributed by atoms with Gasteiger partial charge < -0.3 is 14.5 Å². The highest BCUT2D eigenvalue weighted by Crippen LogP contribution is 2.31. The highest BCUT2D eigenvalue weighted by atomic mass is 16.6. The molecule has 24 heavy (non-hydrogen) atoms. The molecule has 2 heterocycles. The topological polar surface area (TPSA) is 132 Å². The maximum atomic E-state index is 11.2. The predicted octanol–water partition coefficient (Wildman–Crippen LogP) is 2.84. The van der Waals surface area contributed by atoms with Crippen molar-refractivity contribution in [3.8, 4) is 11.5 Å². The van der Waals surface area contributed by atoms with Crippen molar-refractivity contribution in [1.82, 2.24) is 15.0 Å². The molecule has 0 radical (unpaired) electrons. The van der Waals surface area contributed by atoms with Gasteiger partial charge in [-0.25, -0.2) is 14.8 Å². The van der Waals surface area contributed by atoms with Crippen LogP contribution in [0.5, 0.6) is 11.5 Å². The number of nitrogens with zero attached hydrogens (tertiary/aromatic N) is 3. The molecule has 1 amide bonds. The summed E-state index contributed by atoms with van der Waals surface area (Å²) in [7, 11) is 1.23. The molecule has 0 aliphatic rings. The van der Waals surface area contributed by atoms with Crippen molar-refractivity contribution in [2.24, 2.45) is 0 Å². The number of rotatable bonds is 4. The van der Waals surface area contributed by atoms with Crippen LogP contribution in [-0.2, 0) is 4.74 Å². The number of ether oxygens (including phenoxy) is 2. The number of pyridine rings is 1. The molecular formula is C14H11N5O5. The number of carbonyl (C=O) groups is 1. The van der Waals surface area contributed by atoms with Crippen molar-refractivity contribution in [3.63, 3.8) is 0 Å². The van der Waals surface area contributed by atoms with Crippen molar-refractivity contribution >= 4 is 28.9 Å². The molecule has 2 aromatic heterocycles. The summed E-state index contributed by atoms with van der Waals surface area (Å²) in [6.07, 6.45) is 0.713. The maximum absolute atomic E-state index is 11.2. The highest BCUT2D eigenvalue weighted by Gasteiger charge is 2.15. The van der Waals surface area contributed by atoms with Crippen molar-refractivity contribution in [3.05, 3.63) is 46.6 Å². The Morgan fingerprint density at radius 3 is 2.92 bits per heavy atom. The molecule has 0 fully saturated rings. The van der Waals surface area contributed by atoms with E-state index in [0.717, 1.165) is 0 Å². The molecule has 0 saturated carbocycles. The van der Waals surface area contributed by atoms with Gasteiger partial charge in [-0.2, -0.15) is 0 Å². The lowest BCUT2D eigenvalue weighted by molar-refractivity contribution is -0.385. The Morgan fingerprint density at radius 2 is 2.17 bits per heavy atom. The van der Waals surface area contributed by atoms with Crippen LogP contribution in [0.4, 0.5) is 16.4 Å². The number of nitro groups is 1. The number of aromatic nitrogens is 3. The quantitative estimate of drug-likeness (QED) is 0.555. The fourth-order valence-corrected chi connectivity index (χ4v) is 1.96. The second kappa shape index (κ2) is 6.20. The largest absolute Gasteiger partial charge is 0.453 e. The van der Waals surface area contributed by atoms with Crippen LogP contribution in [-0.4, -0.2) is 33.1 Å². The maximum Gasteiger partial charge on any atom is 0.413 e. The number of hydrogen-bond acceptors (Lipinski definition) is 7. The van der Waals surface area contributed by atoms with E-state index in [-0.39, 0.29) is 23.1 Å². The smallest absolute Gasteiger partial charge is 0.413 e. The minimum atomic E-state index is -0.676. The highest BCUT2D eigenvalue weighted by molar-refractivity contribution is 5.85. The Kier molecular flexibility index (Phi) is 3.93. The summed E-state index contributed by atoms with van der Waals surface area (Å²) >= 11 is 0. The van der Waals surface area contributed by atoms with Crippen LogP contribution in [0.15, 0.2) is 36.5 Å². The van der Waals surface area contributed by atoms with E-state index in [9.17, 15) is 14.9 Å². The van der Waals surface area contributed by atoms with Crippen molar-refractivity contribution in [2.45, 2.75) is 0 Å². The Hall–Kier alpha value is -3.69. The van der Waals surface area contributed by atoms with Crippen LogP contribution in [0.1, 0.15) is 0 Å². The molecule has 10 nitrogen and oxygen atoms in total. The molecule has 0 atom stereocenters. The number of imidazole rings is 1. The number of anilines is 1. The normalized spacial score (nSPS) is 10.4. The van der Waals surface area contributed by atoms with E-state index in [0.29, 0.717) is 11.2 Å². The lowest BCUT2D eigenvalue weighted by Gasteiger charge is -2.05. The van der Waals surface area contributed by atoms with Crippen molar-refractivity contribution in [1.29, 1.82) is 0 Å². The average molecular weight is 329 g/mol. The molecule has 0 saturated heterocycles. The Labute approximate surface area is 134 Å². The molecule has 3 aromatic rings. The van der Waals surface area contributed by atoms with E-state index >= 15 is 0 Å². The van der Waals surface area contributed by atoms with E-state index in [4.69, 9.17) is 4.74 Å². The second-order valence-electron chi connectivity index (χ2n) is 4.57. The van der Waals surface area contributed by atoms with Crippen LogP contribution < -0.4 is 10.1 Å². The molecular weight excluding hydrogens is 318 g/mol. The van der Waals surface area contributed by atoms with Crippen LogP contribution in [0.2, 0.25) is 0 Å². The van der Waals surface area contributed by atoms with Gasteiger partial charge in [0.2, 0.25) is 11.7 Å². The zero-order valence-electron chi connectivity index (χ0n) is 12.3. The number of para-hydroxylation sites is 2. The predicted molar refractivity (Wildman–Crippen MR) is 83.1 cm³/mol.